The molecule has 1 heterocycles. The minimum Gasteiger partial charge on any atom is -0.497 e. The molecule has 0 bridgehead atoms. The van der Waals surface area contributed by atoms with Crippen LogP contribution < -0.4 is 20.7 Å². The van der Waals surface area contributed by atoms with Gasteiger partial charge < -0.3 is 30.3 Å². The predicted molar refractivity (Wildman–Crippen MR) is 122 cm³/mol. The first-order valence-electron chi connectivity index (χ1n) is 10.9. The number of carbonyl (C=O) groups is 3. The van der Waals surface area contributed by atoms with E-state index in [0.717, 1.165) is 0 Å². The predicted octanol–water partition coefficient (Wildman–Crippen LogP) is 1.78. The van der Waals surface area contributed by atoms with Crippen molar-refractivity contribution in [3.63, 3.8) is 0 Å². The van der Waals surface area contributed by atoms with Crippen LogP contribution in [0.1, 0.15) is 44.0 Å². The van der Waals surface area contributed by atoms with Crippen molar-refractivity contribution in [2.45, 2.75) is 45.2 Å². The summed E-state index contributed by atoms with van der Waals surface area (Å²) in [5, 5.41) is 8.69. The Morgan fingerprint density at radius 1 is 1.09 bits per heavy atom. The van der Waals surface area contributed by atoms with Crippen molar-refractivity contribution in [3.8, 4) is 5.75 Å². The molecular weight excluding hydrogens is 412 g/mol. The molecular formula is C23H36N4O5. The third kappa shape index (κ3) is 7.71. The van der Waals surface area contributed by atoms with Gasteiger partial charge in [-0.25, -0.2) is 4.79 Å². The number of carbonyl (C=O) groups excluding carboxylic acids is 3. The largest absolute Gasteiger partial charge is 0.497 e. The summed E-state index contributed by atoms with van der Waals surface area (Å²) < 4.78 is 10.1. The molecule has 1 atom stereocenters. The van der Waals surface area contributed by atoms with Crippen molar-refractivity contribution in [1.29, 1.82) is 0 Å². The van der Waals surface area contributed by atoms with Gasteiger partial charge in [-0.3, -0.25) is 9.59 Å². The van der Waals surface area contributed by atoms with Gasteiger partial charge in [0.25, 0.3) is 5.91 Å². The quantitative estimate of drug-likeness (QED) is 0.525. The number of hydrogen-bond acceptors (Lipinski definition) is 5. The Morgan fingerprint density at radius 3 is 2.25 bits per heavy atom. The number of rotatable bonds is 8. The van der Waals surface area contributed by atoms with Crippen LogP contribution >= 0.6 is 0 Å². The van der Waals surface area contributed by atoms with E-state index in [4.69, 9.17) is 9.47 Å². The number of urea groups is 1. The molecule has 1 aliphatic rings. The lowest BCUT2D eigenvalue weighted by molar-refractivity contribution is -0.124. The van der Waals surface area contributed by atoms with Crippen molar-refractivity contribution in [1.82, 2.24) is 20.9 Å². The normalized spacial score (nSPS) is 15.6. The van der Waals surface area contributed by atoms with Gasteiger partial charge in [-0.1, -0.05) is 0 Å². The lowest BCUT2D eigenvalue weighted by Gasteiger charge is -2.37. The molecule has 3 N–H and O–H groups in total. The fourth-order valence-corrected chi connectivity index (χ4v) is 3.59. The first kappa shape index (κ1) is 25.5. The zero-order valence-electron chi connectivity index (χ0n) is 19.7. The van der Waals surface area contributed by atoms with E-state index in [2.05, 4.69) is 16.0 Å². The summed E-state index contributed by atoms with van der Waals surface area (Å²) >= 11 is 0. The molecule has 178 valence electrons. The van der Waals surface area contributed by atoms with Gasteiger partial charge in [0.05, 0.1) is 13.7 Å². The minimum absolute atomic E-state index is 0.0848. The molecule has 0 aliphatic carbocycles. The van der Waals surface area contributed by atoms with Crippen molar-refractivity contribution >= 4 is 17.8 Å². The van der Waals surface area contributed by atoms with Gasteiger partial charge in [-0.15, -0.1) is 0 Å². The van der Waals surface area contributed by atoms with Crippen LogP contribution in [0.15, 0.2) is 24.3 Å². The zero-order chi connectivity index (χ0) is 23.7. The van der Waals surface area contributed by atoms with Crippen molar-refractivity contribution in [3.05, 3.63) is 29.8 Å². The molecule has 1 aliphatic heterocycles. The first-order chi connectivity index (χ1) is 15.1. The van der Waals surface area contributed by atoms with Gasteiger partial charge in [0.2, 0.25) is 5.91 Å². The van der Waals surface area contributed by atoms with E-state index < -0.39 is 6.04 Å². The Hall–Kier alpha value is -2.81. The van der Waals surface area contributed by atoms with E-state index in [1.807, 2.05) is 20.8 Å². The van der Waals surface area contributed by atoms with Gasteiger partial charge >= 0.3 is 6.03 Å². The molecule has 32 heavy (non-hydrogen) atoms. The van der Waals surface area contributed by atoms with Crippen LogP contribution in [0.3, 0.4) is 0 Å². The smallest absolute Gasteiger partial charge is 0.317 e. The molecule has 1 fully saturated rings. The summed E-state index contributed by atoms with van der Waals surface area (Å²) in [6.07, 6.45) is 1.23. The SMILES string of the molecule is COCCNC(=O)C(NC(=O)c1ccc(OC)cc1)C1CCN(C(=O)NC(C)(C)C)CC1. The number of hydrogen-bond donors (Lipinski definition) is 3. The maximum absolute atomic E-state index is 12.9. The van der Waals surface area contributed by atoms with E-state index in [9.17, 15) is 14.4 Å². The molecule has 9 heteroatoms. The van der Waals surface area contributed by atoms with Gasteiger partial charge in [-0.2, -0.15) is 0 Å². The van der Waals surface area contributed by atoms with Crippen LogP contribution in [0.5, 0.6) is 5.75 Å². The Kier molecular flexibility index (Phi) is 9.31. The van der Waals surface area contributed by atoms with Crippen molar-refractivity contribution in [2.75, 3.05) is 40.5 Å². The fraction of sp³-hybridized carbons (Fsp3) is 0.609. The van der Waals surface area contributed by atoms with Gasteiger partial charge in [0.15, 0.2) is 0 Å². The van der Waals surface area contributed by atoms with Gasteiger partial charge in [0.1, 0.15) is 11.8 Å². The van der Waals surface area contributed by atoms with Crippen LogP contribution in [0, 0.1) is 5.92 Å². The second-order valence-corrected chi connectivity index (χ2v) is 8.97. The highest BCUT2D eigenvalue weighted by Crippen LogP contribution is 2.22. The van der Waals surface area contributed by atoms with E-state index in [-0.39, 0.29) is 29.3 Å². The Morgan fingerprint density at radius 2 is 1.72 bits per heavy atom. The molecule has 1 aromatic rings. The average molecular weight is 449 g/mol. The second-order valence-electron chi connectivity index (χ2n) is 8.97. The van der Waals surface area contributed by atoms with Crippen molar-refractivity contribution < 1.29 is 23.9 Å². The maximum Gasteiger partial charge on any atom is 0.317 e. The lowest BCUT2D eigenvalue weighted by Crippen LogP contribution is -2.56. The molecule has 0 radical (unpaired) electrons. The number of ether oxygens (including phenoxy) is 2. The molecule has 0 saturated carbocycles. The summed E-state index contributed by atoms with van der Waals surface area (Å²) in [4.78, 5) is 39.9. The average Bonchev–Trinajstić information content (AvgIpc) is 2.76. The summed E-state index contributed by atoms with van der Waals surface area (Å²) in [5.74, 6) is -0.0105. The topological polar surface area (TPSA) is 109 Å². The third-order valence-corrected chi connectivity index (χ3v) is 5.31. The third-order valence-electron chi connectivity index (χ3n) is 5.31. The summed E-state index contributed by atoms with van der Waals surface area (Å²) in [5.41, 5.74) is 0.131. The molecule has 9 nitrogen and oxygen atoms in total. The molecule has 2 rings (SSSR count). The Balaban J connectivity index is 2.05. The molecule has 1 aromatic carbocycles. The summed E-state index contributed by atoms with van der Waals surface area (Å²) in [7, 11) is 3.12. The monoisotopic (exact) mass is 448 g/mol. The van der Waals surface area contributed by atoms with Crippen LogP contribution in [0.25, 0.3) is 0 Å². The molecule has 4 amide bonds. The van der Waals surface area contributed by atoms with Crippen LogP contribution in [0.2, 0.25) is 0 Å². The van der Waals surface area contributed by atoms with Crippen molar-refractivity contribution in [2.24, 2.45) is 5.92 Å². The molecule has 1 unspecified atom stereocenters. The first-order valence-corrected chi connectivity index (χ1v) is 10.9. The Labute approximate surface area is 190 Å². The zero-order valence-corrected chi connectivity index (χ0v) is 19.7. The summed E-state index contributed by atoms with van der Waals surface area (Å²) in [6.45, 7) is 7.60. The van der Waals surface area contributed by atoms with Crippen LogP contribution in [-0.2, 0) is 9.53 Å². The number of nitrogens with zero attached hydrogens (tertiary/aromatic N) is 1. The standard InChI is InChI=1S/C23H36N4O5/c1-23(2,3)26-22(30)27-13-10-16(11-14-27)19(21(29)24-12-15-31-4)25-20(28)17-6-8-18(32-5)9-7-17/h6-9,16,19H,10-15H2,1-5H3,(H,24,29)(H,25,28)(H,26,30). The molecule has 1 saturated heterocycles. The van der Waals surface area contributed by atoms with Crippen LogP contribution in [0.4, 0.5) is 4.79 Å². The number of methoxy groups -OCH3 is 2. The van der Waals surface area contributed by atoms with E-state index in [1.165, 1.54) is 0 Å². The van der Waals surface area contributed by atoms with E-state index >= 15 is 0 Å². The van der Waals surface area contributed by atoms with E-state index in [1.54, 1.807) is 43.4 Å². The number of piperidine rings is 1. The highest BCUT2D eigenvalue weighted by Gasteiger charge is 2.34. The highest BCUT2D eigenvalue weighted by molar-refractivity contribution is 5.97. The minimum atomic E-state index is -0.700. The molecule has 0 spiro atoms. The van der Waals surface area contributed by atoms with E-state index in [0.29, 0.717) is 50.4 Å². The lowest BCUT2D eigenvalue weighted by atomic mass is 9.88. The maximum atomic E-state index is 12.9. The number of benzene rings is 1. The highest BCUT2D eigenvalue weighted by atomic mass is 16.5. The second kappa shape index (κ2) is 11.7. The Bertz CT molecular complexity index is 768. The number of likely N-dealkylation sites (tertiary alicyclic amines) is 1. The fourth-order valence-electron chi connectivity index (χ4n) is 3.59. The van der Waals surface area contributed by atoms with Gasteiger partial charge in [0, 0.05) is 37.8 Å². The van der Waals surface area contributed by atoms with Crippen LogP contribution in [-0.4, -0.2) is 74.8 Å². The summed E-state index contributed by atoms with van der Waals surface area (Å²) in [6, 6.07) is 5.92. The van der Waals surface area contributed by atoms with Gasteiger partial charge in [-0.05, 0) is 63.8 Å². The molecule has 0 aromatic heterocycles. The number of amides is 4. The number of nitrogens with one attached hydrogen (secondary N) is 3.